The molecule has 0 bridgehead atoms. The molecule has 18 heavy (non-hydrogen) atoms. The van der Waals surface area contributed by atoms with Crippen molar-refractivity contribution in [2.24, 2.45) is 23.0 Å². The van der Waals surface area contributed by atoms with E-state index in [4.69, 9.17) is 5.73 Å². The molecule has 0 aromatic heterocycles. The molecule has 0 aromatic rings. The normalized spacial score (nSPS) is 22.7. The molecule has 1 fully saturated rings. The lowest BCUT2D eigenvalue weighted by Crippen LogP contribution is -2.41. The second-order valence-electron chi connectivity index (χ2n) is 7.57. The molecule has 108 valence electrons. The summed E-state index contributed by atoms with van der Waals surface area (Å²) in [6.45, 7) is 11.4. The topological polar surface area (TPSA) is 29.3 Å². The summed E-state index contributed by atoms with van der Waals surface area (Å²) in [5, 5.41) is 0. The van der Waals surface area contributed by atoms with Gasteiger partial charge in [-0.25, -0.2) is 0 Å². The number of rotatable bonds is 6. The molecular weight excluding hydrogens is 220 g/mol. The van der Waals surface area contributed by atoms with E-state index in [9.17, 15) is 0 Å². The van der Waals surface area contributed by atoms with Crippen LogP contribution in [0, 0.1) is 17.3 Å². The van der Waals surface area contributed by atoms with Gasteiger partial charge < -0.3 is 10.6 Å². The van der Waals surface area contributed by atoms with Gasteiger partial charge in [0.15, 0.2) is 0 Å². The van der Waals surface area contributed by atoms with Crippen LogP contribution in [0.15, 0.2) is 0 Å². The lowest BCUT2D eigenvalue weighted by Gasteiger charge is -2.39. The van der Waals surface area contributed by atoms with Crippen molar-refractivity contribution in [3.8, 4) is 0 Å². The Labute approximate surface area is 114 Å². The number of hydrogen-bond acceptors (Lipinski definition) is 2. The van der Waals surface area contributed by atoms with Crippen LogP contribution in [-0.4, -0.2) is 31.1 Å². The van der Waals surface area contributed by atoms with Crippen LogP contribution >= 0.6 is 0 Å². The molecule has 1 saturated carbocycles. The minimum atomic E-state index is 0.572. The Balaban J connectivity index is 2.38. The van der Waals surface area contributed by atoms with Gasteiger partial charge in [0.05, 0.1) is 0 Å². The Kier molecular flexibility index (Phi) is 6.13. The fourth-order valence-electron chi connectivity index (χ4n) is 3.29. The van der Waals surface area contributed by atoms with Gasteiger partial charge in [0, 0.05) is 12.6 Å². The lowest BCUT2D eigenvalue weighted by atomic mass is 9.75. The molecule has 0 aromatic carbocycles. The minimum absolute atomic E-state index is 0.572. The smallest absolute Gasteiger partial charge is 0.00927 e. The van der Waals surface area contributed by atoms with Crippen molar-refractivity contribution < 1.29 is 0 Å². The molecule has 0 spiro atoms. The lowest BCUT2D eigenvalue weighted by molar-refractivity contribution is 0.112. The highest BCUT2D eigenvalue weighted by Gasteiger charge is 2.29. The third kappa shape index (κ3) is 5.27. The molecule has 0 radical (unpaired) electrons. The molecule has 0 aliphatic heterocycles. The fraction of sp³-hybridized carbons (Fsp3) is 1.00. The van der Waals surface area contributed by atoms with E-state index in [1.165, 1.54) is 38.6 Å². The van der Waals surface area contributed by atoms with Gasteiger partial charge in [0.25, 0.3) is 0 Å². The first-order valence-electron chi connectivity index (χ1n) is 7.74. The Bertz CT molecular complexity index is 225. The summed E-state index contributed by atoms with van der Waals surface area (Å²) < 4.78 is 0. The van der Waals surface area contributed by atoms with Crippen molar-refractivity contribution in [2.45, 2.75) is 65.8 Å². The second kappa shape index (κ2) is 6.91. The van der Waals surface area contributed by atoms with Gasteiger partial charge in [0.2, 0.25) is 0 Å². The van der Waals surface area contributed by atoms with Gasteiger partial charge in [-0.1, -0.05) is 27.7 Å². The summed E-state index contributed by atoms with van der Waals surface area (Å²) in [6.07, 6.45) is 6.74. The Hall–Kier alpha value is -0.0800. The van der Waals surface area contributed by atoms with E-state index in [2.05, 4.69) is 39.6 Å². The monoisotopic (exact) mass is 254 g/mol. The third-order valence-electron chi connectivity index (χ3n) is 4.62. The van der Waals surface area contributed by atoms with Crippen LogP contribution in [0.4, 0.5) is 0 Å². The van der Waals surface area contributed by atoms with Crippen LogP contribution < -0.4 is 5.73 Å². The largest absolute Gasteiger partial charge is 0.330 e. The fourth-order valence-corrected chi connectivity index (χ4v) is 3.29. The number of nitrogens with two attached hydrogens (primary N) is 1. The Morgan fingerprint density at radius 1 is 1.22 bits per heavy atom. The van der Waals surface area contributed by atoms with Gasteiger partial charge >= 0.3 is 0 Å². The maximum absolute atomic E-state index is 5.92. The predicted octanol–water partition coefficient (Wildman–Crippen LogP) is 3.51. The van der Waals surface area contributed by atoms with E-state index in [0.29, 0.717) is 11.3 Å². The molecule has 1 unspecified atom stereocenters. The van der Waals surface area contributed by atoms with Gasteiger partial charge in [-0.3, -0.25) is 0 Å². The van der Waals surface area contributed by atoms with Crippen LogP contribution in [0.5, 0.6) is 0 Å². The highest BCUT2D eigenvalue weighted by molar-refractivity contribution is 4.83. The molecule has 1 aliphatic rings. The molecule has 1 aliphatic carbocycles. The zero-order valence-corrected chi connectivity index (χ0v) is 13.2. The van der Waals surface area contributed by atoms with Crippen molar-refractivity contribution in [1.82, 2.24) is 4.90 Å². The van der Waals surface area contributed by atoms with Crippen LogP contribution in [0.3, 0.4) is 0 Å². The van der Waals surface area contributed by atoms with Gasteiger partial charge in [-0.15, -0.1) is 0 Å². The van der Waals surface area contributed by atoms with E-state index in [0.717, 1.165) is 18.5 Å². The van der Waals surface area contributed by atoms with Crippen molar-refractivity contribution in [3.63, 3.8) is 0 Å². The van der Waals surface area contributed by atoms with Crippen molar-refractivity contribution in [2.75, 3.05) is 20.1 Å². The summed E-state index contributed by atoms with van der Waals surface area (Å²) >= 11 is 0. The minimum Gasteiger partial charge on any atom is -0.330 e. The first kappa shape index (κ1) is 16.0. The van der Waals surface area contributed by atoms with Crippen molar-refractivity contribution in [3.05, 3.63) is 0 Å². The van der Waals surface area contributed by atoms with Crippen LogP contribution in [0.2, 0.25) is 0 Å². The molecule has 0 amide bonds. The average molecular weight is 254 g/mol. The van der Waals surface area contributed by atoms with Crippen LogP contribution in [-0.2, 0) is 0 Å². The average Bonchev–Trinajstić information content (AvgIpc) is 2.27. The molecule has 2 N–H and O–H groups in total. The summed E-state index contributed by atoms with van der Waals surface area (Å²) in [4.78, 5) is 2.58. The summed E-state index contributed by atoms with van der Waals surface area (Å²) in [7, 11) is 2.30. The quantitative estimate of drug-likeness (QED) is 0.786. The van der Waals surface area contributed by atoms with Gasteiger partial charge in [0.1, 0.15) is 0 Å². The Morgan fingerprint density at radius 2 is 1.78 bits per heavy atom. The van der Waals surface area contributed by atoms with E-state index < -0.39 is 0 Å². The van der Waals surface area contributed by atoms with Crippen LogP contribution in [0.25, 0.3) is 0 Å². The molecule has 2 heteroatoms. The molecule has 1 rings (SSSR count). The summed E-state index contributed by atoms with van der Waals surface area (Å²) in [6, 6.07) is 0.791. The van der Waals surface area contributed by atoms with E-state index in [-0.39, 0.29) is 0 Å². The highest BCUT2D eigenvalue weighted by atomic mass is 15.1. The second-order valence-corrected chi connectivity index (χ2v) is 7.57. The standard InChI is InChI=1S/C16H34N2/c1-13(2)10-14(11-17)12-18(5)15-6-8-16(3,4)9-7-15/h13-15H,6-12,17H2,1-5H3. The van der Waals surface area contributed by atoms with Gasteiger partial charge in [-0.05, 0) is 62.9 Å². The van der Waals surface area contributed by atoms with E-state index >= 15 is 0 Å². The zero-order chi connectivity index (χ0) is 13.8. The van der Waals surface area contributed by atoms with E-state index in [1.54, 1.807) is 0 Å². The van der Waals surface area contributed by atoms with Crippen LogP contribution in [0.1, 0.15) is 59.8 Å². The van der Waals surface area contributed by atoms with Crippen molar-refractivity contribution >= 4 is 0 Å². The number of hydrogen-bond donors (Lipinski definition) is 1. The predicted molar refractivity (Wildman–Crippen MR) is 80.7 cm³/mol. The summed E-state index contributed by atoms with van der Waals surface area (Å²) in [5.41, 5.74) is 6.49. The zero-order valence-electron chi connectivity index (χ0n) is 13.2. The third-order valence-corrected chi connectivity index (χ3v) is 4.62. The SMILES string of the molecule is CC(C)CC(CN)CN(C)C1CCC(C)(C)CC1. The maximum atomic E-state index is 5.92. The number of nitrogens with zero attached hydrogens (tertiary/aromatic N) is 1. The van der Waals surface area contributed by atoms with E-state index in [1.807, 2.05) is 0 Å². The summed E-state index contributed by atoms with van der Waals surface area (Å²) in [5.74, 6) is 1.43. The first-order chi connectivity index (χ1) is 8.34. The maximum Gasteiger partial charge on any atom is 0.00927 e. The first-order valence-corrected chi connectivity index (χ1v) is 7.74. The molecule has 0 saturated heterocycles. The molecular formula is C16H34N2. The molecule has 0 heterocycles. The van der Waals surface area contributed by atoms with Crippen molar-refractivity contribution in [1.29, 1.82) is 0 Å². The molecule has 2 nitrogen and oxygen atoms in total. The molecule has 1 atom stereocenters. The van der Waals surface area contributed by atoms with Gasteiger partial charge in [-0.2, -0.15) is 0 Å². The Morgan fingerprint density at radius 3 is 2.22 bits per heavy atom. The highest BCUT2D eigenvalue weighted by Crippen LogP contribution is 2.36.